The molecule has 0 bridgehead atoms. The van der Waals surface area contributed by atoms with Gasteiger partial charge in [-0.15, -0.1) is 24.0 Å². The molecule has 0 aliphatic carbocycles. The number of aromatic amines is 1. The molecule has 4 rings (SSSR count). The molecular formula is C26H36IN5. The minimum atomic E-state index is 0. The van der Waals surface area contributed by atoms with Crippen molar-refractivity contribution in [1.29, 1.82) is 0 Å². The number of halogens is 1. The van der Waals surface area contributed by atoms with Crippen LogP contribution in [0.1, 0.15) is 24.5 Å². The van der Waals surface area contributed by atoms with Gasteiger partial charge >= 0.3 is 0 Å². The van der Waals surface area contributed by atoms with E-state index >= 15 is 0 Å². The number of fused-ring (bicyclic) bond motifs is 1. The smallest absolute Gasteiger partial charge is 0.191 e. The number of nitrogens with zero attached hydrogens (tertiary/aromatic N) is 2. The average molecular weight is 546 g/mol. The molecular weight excluding hydrogens is 509 g/mol. The van der Waals surface area contributed by atoms with Crippen LogP contribution in [0.3, 0.4) is 0 Å². The zero-order chi connectivity index (χ0) is 21.3. The molecule has 3 aromatic rings. The first-order valence-electron chi connectivity index (χ1n) is 11.6. The summed E-state index contributed by atoms with van der Waals surface area (Å²) in [7, 11) is 0. The Morgan fingerprint density at radius 3 is 2.72 bits per heavy atom. The number of nitrogens with one attached hydrogen (secondary N) is 3. The summed E-state index contributed by atoms with van der Waals surface area (Å²) in [6.45, 7) is 8.27. The van der Waals surface area contributed by atoms with E-state index in [9.17, 15) is 0 Å². The lowest BCUT2D eigenvalue weighted by Gasteiger charge is -2.16. The number of hydrogen-bond acceptors (Lipinski definition) is 2. The maximum atomic E-state index is 4.89. The maximum Gasteiger partial charge on any atom is 0.191 e. The summed E-state index contributed by atoms with van der Waals surface area (Å²) >= 11 is 0. The molecule has 172 valence electrons. The molecule has 0 radical (unpaired) electrons. The van der Waals surface area contributed by atoms with Crippen LogP contribution < -0.4 is 10.6 Å². The number of guanidine groups is 1. The lowest BCUT2D eigenvalue weighted by molar-refractivity contribution is 0.329. The topological polar surface area (TPSA) is 55.5 Å². The molecule has 5 nitrogen and oxygen atoms in total. The zero-order valence-electron chi connectivity index (χ0n) is 19.0. The van der Waals surface area contributed by atoms with Gasteiger partial charge in [0, 0.05) is 49.8 Å². The van der Waals surface area contributed by atoms with Gasteiger partial charge in [-0.1, -0.05) is 48.5 Å². The van der Waals surface area contributed by atoms with Crippen molar-refractivity contribution in [3.8, 4) is 0 Å². The van der Waals surface area contributed by atoms with Crippen LogP contribution in [0.2, 0.25) is 0 Å². The Bertz CT molecular complexity index is 969. The number of benzene rings is 2. The molecule has 1 aromatic heterocycles. The number of aliphatic imine (C=N–C) groups is 1. The van der Waals surface area contributed by atoms with Gasteiger partial charge in [0.2, 0.25) is 0 Å². The van der Waals surface area contributed by atoms with E-state index in [0.29, 0.717) is 5.92 Å². The number of likely N-dealkylation sites (tertiary alicyclic amines) is 1. The molecule has 3 N–H and O–H groups in total. The average Bonchev–Trinajstić information content (AvgIpc) is 3.44. The molecule has 2 heterocycles. The van der Waals surface area contributed by atoms with E-state index in [4.69, 9.17) is 4.99 Å². The number of hydrogen-bond donors (Lipinski definition) is 3. The van der Waals surface area contributed by atoms with E-state index in [2.05, 4.69) is 88.2 Å². The van der Waals surface area contributed by atoms with Crippen LogP contribution in [0, 0.1) is 5.92 Å². The maximum absolute atomic E-state index is 4.89. The zero-order valence-corrected chi connectivity index (χ0v) is 21.3. The summed E-state index contributed by atoms with van der Waals surface area (Å²) < 4.78 is 0. The Kier molecular flexibility index (Phi) is 9.87. The molecule has 0 saturated carbocycles. The molecule has 1 saturated heterocycles. The van der Waals surface area contributed by atoms with Gasteiger partial charge in [-0.3, -0.25) is 4.99 Å². The highest BCUT2D eigenvalue weighted by Crippen LogP contribution is 2.18. The largest absolute Gasteiger partial charge is 0.361 e. The Hall–Kier alpha value is -2.06. The van der Waals surface area contributed by atoms with Crippen molar-refractivity contribution < 1.29 is 0 Å². The summed E-state index contributed by atoms with van der Waals surface area (Å²) in [6.07, 6.45) is 5.48. The molecule has 1 unspecified atom stereocenters. The van der Waals surface area contributed by atoms with Crippen molar-refractivity contribution in [1.82, 2.24) is 20.5 Å². The van der Waals surface area contributed by atoms with Crippen LogP contribution in [-0.4, -0.2) is 55.1 Å². The Balaban J connectivity index is 0.00000289. The summed E-state index contributed by atoms with van der Waals surface area (Å²) in [5, 5.41) is 8.23. The van der Waals surface area contributed by atoms with Gasteiger partial charge in [0.1, 0.15) is 0 Å². The monoisotopic (exact) mass is 545 g/mol. The normalized spacial score (nSPS) is 16.8. The molecule has 32 heavy (non-hydrogen) atoms. The minimum absolute atomic E-state index is 0. The van der Waals surface area contributed by atoms with Crippen molar-refractivity contribution in [2.45, 2.75) is 26.2 Å². The SMILES string of the molecule is CCNC(=NCC1CCN(CCc2ccccc2)C1)NCCc1c[nH]c2ccccc12.I. The van der Waals surface area contributed by atoms with Gasteiger partial charge in [0.25, 0.3) is 0 Å². The fraction of sp³-hybridized carbons (Fsp3) is 0.423. The first-order valence-corrected chi connectivity index (χ1v) is 11.6. The Morgan fingerprint density at radius 1 is 1.06 bits per heavy atom. The first-order chi connectivity index (χ1) is 15.3. The second-order valence-electron chi connectivity index (χ2n) is 8.45. The highest BCUT2D eigenvalue weighted by atomic mass is 127. The summed E-state index contributed by atoms with van der Waals surface area (Å²) in [4.78, 5) is 10.8. The number of rotatable bonds is 9. The highest BCUT2D eigenvalue weighted by Gasteiger charge is 2.21. The molecule has 2 aromatic carbocycles. The van der Waals surface area contributed by atoms with Crippen molar-refractivity contribution in [2.24, 2.45) is 10.9 Å². The van der Waals surface area contributed by atoms with Gasteiger partial charge in [-0.25, -0.2) is 0 Å². The van der Waals surface area contributed by atoms with Crippen LogP contribution in [0.25, 0.3) is 10.9 Å². The lowest BCUT2D eigenvalue weighted by atomic mass is 10.1. The van der Waals surface area contributed by atoms with E-state index in [1.165, 1.54) is 35.0 Å². The second kappa shape index (κ2) is 12.8. The molecule has 1 atom stereocenters. The Morgan fingerprint density at radius 2 is 1.88 bits per heavy atom. The quantitative estimate of drug-likeness (QED) is 0.212. The third-order valence-corrected chi connectivity index (χ3v) is 6.14. The van der Waals surface area contributed by atoms with Crippen LogP contribution in [0.5, 0.6) is 0 Å². The van der Waals surface area contributed by atoms with Gasteiger partial charge in [0.05, 0.1) is 0 Å². The van der Waals surface area contributed by atoms with Crippen LogP contribution in [-0.2, 0) is 12.8 Å². The second-order valence-corrected chi connectivity index (χ2v) is 8.45. The Labute approximate surface area is 209 Å². The first kappa shape index (κ1) is 24.6. The minimum Gasteiger partial charge on any atom is -0.361 e. The van der Waals surface area contributed by atoms with Crippen molar-refractivity contribution in [3.05, 3.63) is 71.9 Å². The van der Waals surface area contributed by atoms with Crippen LogP contribution >= 0.6 is 24.0 Å². The van der Waals surface area contributed by atoms with Gasteiger partial charge in [0.15, 0.2) is 5.96 Å². The standard InChI is InChI=1S/C26H35N5.HI/c1-2-27-26(28-15-12-23-19-29-25-11-7-6-10-24(23)25)30-18-22-14-17-31(20-22)16-13-21-8-4-3-5-9-21;/h3-11,19,22,29H,2,12-18,20H2,1H3,(H2,27,28,30);1H. The molecule has 1 aliphatic heterocycles. The van der Waals surface area contributed by atoms with Gasteiger partial charge < -0.3 is 20.5 Å². The van der Waals surface area contributed by atoms with Crippen molar-refractivity contribution in [3.63, 3.8) is 0 Å². The van der Waals surface area contributed by atoms with Crippen molar-refractivity contribution in [2.75, 3.05) is 39.3 Å². The summed E-state index contributed by atoms with van der Waals surface area (Å²) in [5.74, 6) is 1.59. The van der Waals surface area contributed by atoms with E-state index in [0.717, 1.165) is 51.5 Å². The van der Waals surface area contributed by atoms with Gasteiger partial charge in [-0.2, -0.15) is 0 Å². The number of aromatic nitrogens is 1. The van der Waals surface area contributed by atoms with E-state index in [1.807, 2.05) is 0 Å². The molecule has 1 aliphatic rings. The third kappa shape index (κ3) is 6.97. The fourth-order valence-corrected chi connectivity index (χ4v) is 4.41. The van der Waals surface area contributed by atoms with Crippen molar-refractivity contribution >= 4 is 40.8 Å². The van der Waals surface area contributed by atoms with E-state index in [1.54, 1.807) is 0 Å². The third-order valence-electron chi connectivity index (χ3n) is 6.14. The predicted molar refractivity (Wildman–Crippen MR) is 146 cm³/mol. The lowest BCUT2D eigenvalue weighted by Crippen LogP contribution is -2.38. The molecule has 0 amide bonds. The number of para-hydroxylation sites is 1. The highest BCUT2D eigenvalue weighted by molar-refractivity contribution is 14.0. The predicted octanol–water partition coefficient (Wildman–Crippen LogP) is 4.45. The van der Waals surface area contributed by atoms with E-state index in [-0.39, 0.29) is 24.0 Å². The molecule has 0 spiro atoms. The van der Waals surface area contributed by atoms with E-state index < -0.39 is 0 Å². The molecule has 6 heteroatoms. The number of H-pyrrole nitrogens is 1. The van der Waals surface area contributed by atoms with Crippen LogP contribution in [0.15, 0.2) is 65.8 Å². The molecule has 1 fully saturated rings. The summed E-state index contributed by atoms with van der Waals surface area (Å²) in [6, 6.07) is 19.3. The summed E-state index contributed by atoms with van der Waals surface area (Å²) in [5.41, 5.74) is 3.98. The fourth-order valence-electron chi connectivity index (χ4n) is 4.41. The van der Waals surface area contributed by atoms with Gasteiger partial charge in [-0.05, 0) is 55.8 Å². The van der Waals surface area contributed by atoms with Crippen LogP contribution in [0.4, 0.5) is 0 Å².